The van der Waals surface area contributed by atoms with E-state index < -0.39 is 40.7 Å². The van der Waals surface area contributed by atoms with Gasteiger partial charge in [0.05, 0.1) is 30.8 Å². The van der Waals surface area contributed by atoms with Gasteiger partial charge in [0.25, 0.3) is 11.8 Å². The molecule has 50 heavy (non-hydrogen) atoms. The summed E-state index contributed by atoms with van der Waals surface area (Å²) < 4.78 is 62.5. The molecule has 258 valence electrons. The molecule has 3 aromatic carbocycles. The molecule has 2 aliphatic carbocycles. The number of nitrogens with one attached hydrogen (secondary N) is 1. The normalized spacial score (nSPS) is 22.6. The number of nitriles is 1. The summed E-state index contributed by atoms with van der Waals surface area (Å²) in [4.78, 5) is 18.8. The Kier molecular flexibility index (Phi) is 9.27. The third kappa shape index (κ3) is 6.54. The number of pyridine rings is 1. The Labute approximate surface area is 288 Å². The van der Waals surface area contributed by atoms with E-state index in [9.17, 15) is 10.1 Å². The highest BCUT2D eigenvalue weighted by Crippen LogP contribution is 2.55. The van der Waals surface area contributed by atoms with Gasteiger partial charge in [-0.05, 0) is 56.0 Å². The van der Waals surface area contributed by atoms with E-state index >= 15 is 8.78 Å². The molecule has 1 aliphatic heterocycles. The van der Waals surface area contributed by atoms with Crippen LogP contribution in [0, 0.1) is 34.8 Å². The Hall–Kier alpha value is -5.25. The number of carbonyl (C=O) groups is 1. The number of hydrogen-bond donors (Lipinski definition) is 1. The number of carbonyl (C=O) groups excluding carboxylic acids is 1. The molecule has 0 radical (unpaired) electrons. The van der Waals surface area contributed by atoms with Gasteiger partial charge in [0.15, 0.2) is 11.5 Å². The summed E-state index contributed by atoms with van der Waals surface area (Å²) in [6, 6.07) is 23.1. The molecule has 2 heterocycles. The van der Waals surface area contributed by atoms with Crippen molar-refractivity contribution >= 4 is 5.97 Å². The van der Waals surface area contributed by atoms with Crippen molar-refractivity contribution in [1.82, 2.24) is 15.2 Å². The number of nitrogens with zero attached hydrogens (tertiary/aromatic N) is 3. The molecular formula is C38H36F2N4O6. The van der Waals surface area contributed by atoms with Crippen LogP contribution < -0.4 is 24.3 Å². The maximum atomic E-state index is 16.6. The molecule has 2 saturated carbocycles. The van der Waals surface area contributed by atoms with Crippen molar-refractivity contribution in [2.45, 2.75) is 44.1 Å². The standard InChI is InChI=1S/C38H36F2N4O6/c1-44-17-16-42-34(44)26-10-6-7-11-28(26)48-35-31(39)33(50-38-15-14-25(19-38)27(20-38)37(45)46-2)32(40)36(43-35)49-30-18-24(21-41)12-13-29(30)47-22-23-8-4-3-5-9-23/h3-13,18,25,27,34,42H,14-17,19-20,22H2,1-2H3. The number of rotatable bonds is 11. The number of benzene rings is 3. The number of halogens is 2. The van der Waals surface area contributed by atoms with Gasteiger partial charge in [-0.1, -0.05) is 48.5 Å². The predicted octanol–water partition coefficient (Wildman–Crippen LogP) is 7.04. The second-order valence-corrected chi connectivity index (χ2v) is 12.9. The fraction of sp³-hybridized carbons (Fsp3) is 0.342. The van der Waals surface area contributed by atoms with Gasteiger partial charge in [0.2, 0.25) is 17.4 Å². The van der Waals surface area contributed by atoms with Gasteiger partial charge in [0, 0.05) is 31.1 Å². The van der Waals surface area contributed by atoms with Gasteiger partial charge >= 0.3 is 5.97 Å². The molecule has 10 nitrogen and oxygen atoms in total. The summed E-state index contributed by atoms with van der Waals surface area (Å²) in [6.45, 7) is 1.71. The van der Waals surface area contributed by atoms with E-state index in [4.69, 9.17) is 23.7 Å². The highest BCUT2D eigenvalue weighted by molar-refractivity contribution is 5.73. The smallest absolute Gasteiger partial charge is 0.309 e. The molecule has 0 amide bonds. The lowest BCUT2D eigenvalue weighted by Crippen LogP contribution is -2.35. The number of methoxy groups -OCH3 is 1. The fourth-order valence-electron chi connectivity index (χ4n) is 7.24. The first kappa shape index (κ1) is 33.3. The van der Waals surface area contributed by atoms with Crippen LogP contribution in [0.15, 0.2) is 72.8 Å². The maximum absolute atomic E-state index is 16.6. The molecule has 4 aromatic rings. The van der Waals surface area contributed by atoms with Gasteiger partial charge in [-0.2, -0.15) is 19.0 Å². The molecular weight excluding hydrogens is 646 g/mol. The highest BCUT2D eigenvalue weighted by Gasteiger charge is 2.56. The van der Waals surface area contributed by atoms with Crippen LogP contribution in [0.4, 0.5) is 8.78 Å². The first-order chi connectivity index (χ1) is 24.3. The third-order valence-electron chi connectivity index (χ3n) is 9.75. The summed E-state index contributed by atoms with van der Waals surface area (Å²) in [5.41, 5.74) is 0.827. The van der Waals surface area contributed by atoms with Crippen LogP contribution in [-0.4, -0.2) is 48.7 Å². The maximum Gasteiger partial charge on any atom is 0.309 e. The molecule has 4 unspecified atom stereocenters. The SMILES string of the molecule is COC(=O)C1CC2(Oc3c(F)c(Oc4cc(C#N)ccc4OCc4ccccc4)nc(Oc4ccccc4C4NCCN4C)c3F)CCC1C2. The van der Waals surface area contributed by atoms with Crippen molar-refractivity contribution in [2.24, 2.45) is 11.8 Å². The third-order valence-corrected chi connectivity index (χ3v) is 9.75. The average molecular weight is 683 g/mol. The lowest BCUT2D eigenvalue weighted by molar-refractivity contribution is -0.148. The molecule has 0 spiro atoms. The Morgan fingerprint density at radius 1 is 1.00 bits per heavy atom. The minimum absolute atomic E-state index is 0.0159. The summed E-state index contributed by atoms with van der Waals surface area (Å²) in [7, 11) is 3.29. The van der Waals surface area contributed by atoms with Crippen molar-refractivity contribution < 1.29 is 37.3 Å². The van der Waals surface area contributed by atoms with Crippen LogP contribution in [0.3, 0.4) is 0 Å². The summed E-state index contributed by atoms with van der Waals surface area (Å²) in [5.74, 6) is -4.62. The predicted molar refractivity (Wildman–Crippen MR) is 177 cm³/mol. The minimum atomic E-state index is -1.20. The lowest BCUT2D eigenvalue weighted by Gasteiger charge is -2.30. The summed E-state index contributed by atoms with van der Waals surface area (Å²) >= 11 is 0. The molecule has 3 fully saturated rings. The Morgan fingerprint density at radius 3 is 2.46 bits per heavy atom. The molecule has 3 aliphatic rings. The van der Waals surface area contributed by atoms with Crippen LogP contribution in [0.1, 0.15) is 48.5 Å². The number of hydrogen-bond acceptors (Lipinski definition) is 10. The van der Waals surface area contributed by atoms with E-state index in [2.05, 4.69) is 15.2 Å². The highest BCUT2D eigenvalue weighted by atomic mass is 19.1. The largest absolute Gasteiger partial charge is 0.485 e. The zero-order chi connectivity index (χ0) is 34.8. The van der Waals surface area contributed by atoms with Gasteiger partial charge in [0.1, 0.15) is 18.0 Å². The molecule has 1 aromatic heterocycles. The topological polar surface area (TPSA) is 115 Å². The Bertz CT molecular complexity index is 1940. The lowest BCUT2D eigenvalue weighted by atomic mass is 9.87. The van der Waals surface area contributed by atoms with Crippen LogP contribution in [0.25, 0.3) is 0 Å². The van der Waals surface area contributed by atoms with Crippen LogP contribution in [0.5, 0.6) is 34.8 Å². The number of fused-ring (bicyclic) bond motifs is 2. The first-order valence-electron chi connectivity index (χ1n) is 16.5. The number of ether oxygens (including phenoxy) is 5. The molecule has 1 N–H and O–H groups in total. The monoisotopic (exact) mass is 682 g/mol. The Balaban J connectivity index is 1.28. The molecule has 1 saturated heterocycles. The van der Waals surface area contributed by atoms with Gasteiger partial charge in [-0.15, -0.1) is 0 Å². The van der Waals surface area contributed by atoms with E-state index in [0.29, 0.717) is 25.0 Å². The van der Waals surface area contributed by atoms with E-state index in [1.165, 1.54) is 19.2 Å². The minimum Gasteiger partial charge on any atom is -0.485 e. The quantitative estimate of drug-likeness (QED) is 0.165. The van der Waals surface area contributed by atoms with Crippen molar-refractivity contribution in [3.05, 3.63) is 101 Å². The molecule has 7 rings (SSSR count). The Morgan fingerprint density at radius 2 is 1.74 bits per heavy atom. The van der Waals surface area contributed by atoms with Gasteiger partial charge in [-0.25, -0.2) is 0 Å². The van der Waals surface area contributed by atoms with Crippen molar-refractivity contribution in [3.8, 4) is 40.8 Å². The second-order valence-electron chi connectivity index (χ2n) is 12.9. The summed E-state index contributed by atoms with van der Waals surface area (Å²) in [5, 5.41) is 13.0. The zero-order valence-corrected chi connectivity index (χ0v) is 27.7. The summed E-state index contributed by atoms with van der Waals surface area (Å²) in [6.07, 6.45) is 1.64. The zero-order valence-electron chi connectivity index (χ0n) is 27.7. The van der Waals surface area contributed by atoms with Crippen LogP contribution in [0.2, 0.25) is 0 Å². The van der Waals surface area contributed by atoms with E-state index in [0.717, 1.165) is 24.2 Å². The number of aromatic nitrogens is 1. The fourth-order valence-corrected chi connectivity index (χ4v) is 7.24. The van der Waals surface area contributed by atoms with Crippen LogP contribution >= 0.6 is 0 Å². The molecule has 12 heteroatoms. The van der Waals surface area contributed by atoms with Crippen LogP contribution in [-0.2, 0) is 16.1 Å². The average Bonchev–Trinajstić information content (AvgIpc) is 3.87. The van der Waals surface area contributed by atoms with Crippen molar-refractivity contribution in [1.29, 1.82) is 5.26 Å². The molecule has 2 bridgehead atoms. The number of likely N-dealkylation sites (N-methyl/N-ethyl adjacent to an activating group) is 1. The first-order valence-corrected chi connectivity index (χ1v) is 16.5. The molecule has 4 atom stereocenters. The number of para-hydroxylation sites is 1. The van der Waals surface area contributed by atoms with E-state index in [-0.39, 0.29) is 48.1 Å². The number of esters is 1. The second kappa shape index (κ2) is 13.9. The van der Waals surface area contributed by atoms with Crippen molar-refractivity contribution in [3.63, 3.8) is 0 Å². The van der Waals surface area contributed by atoms with E-state index in [1.54, 1.807) is 18.2 Å². The van der Waals surface area contributed by atoms with E-state index in [1.807, 2.05) is 55.6 Å². The van der Waals surface area contributed by atoms with Gasteiger partial charge < -0.3 is 23.7 Å². The van der Waals surface area contributed by atoms with Gasteiger partial charge in [-0.3, -0.25) is 15.0 Å². The van der Waals surface area contributed by atoms with Crippen molar-refractivity contribution in [2.75, 3.05) is 27.2 Å².